The van der Waals surface area contributed by atoms with Crippen LogP contribution in [0.3, 0.4) is 0 Å². The van der Waals surface area contributed by atoms with Crippen molar-refractivity contribution in [3.05, 3.63) is 36.5 Å². The zero-order valence-corrected chi connectivity index (χ0v) is 8.41. The largest absolute Gasteiger partial charge is 0.0885 e. The summed E-state index contributed by atoms with van der Waals surface area (Å²) in [4.78, 5) is 0. The van der Waals surface area contributed by atoms with Crippen LogP contribution >= 0.6 is 0 Å². The summed E-state index contributed by atoms with van der Waals surface area (Å²) in [6.45, 7) is 0. The van der Waals surface area contributed by atoms with Crippen LogP contribution in [0.4, 0.5) is 0 Å². The van der Waals surface area contributed by atoms with E-state index in [0.717, 1.165) is 6.42 Å². The van der Waals surface area contributed by atoms with Gasteiger partial charge in [0.15, 0.2) is 0 Å². The van der Waals surface area contributed by atoms with Gasteiger partial charge in [0, 0.05) is 0 Å². The molecule has 0 aliphatic heterocycles. The Kier molecular flexibility index (Phi) is 6.22. The molecule has 0 atom stereocenters. The van der Waals surface area contributed by atoms with Crippen LogP contribution in [0.2, 0.25) is 0 Å². The molecule has 0 saturated carbocycles. The number of allylic oxidation sites excluding steroid dienone is 6. The van der Waals surface area contributed by atoms with Crippen LogP contribution in [0.1, 0.15) is 44.9 Å². The molecule has 13 heavy (non-hydrogen) atoms. The third-order valence-electron chi connectivity index (χ3n) is 2.26. The van der Waals surface area contributed by atoms with E-state index in [4.69, 9.17) is 0 Å². The summed E-state index contributed by atoms with van der Waals surface area (Å²) in [5.41, 5.74) is 0. The van der Waals surface area contributed by atoms with E-state index in [0.29, 0.717) is 0 Å². The Morgan fingerprint density at radius 3 is 1.62 bits per heavy atom. The predicted octanol–water partition coefficient (Wildman–Crippen LogP) is 4.40. The van der Waals surface area contributed by atoms with E-state index in [9.17, 15) is 0 Å². The fourth-order valence-electron chi connectivity index (χ4n) is 1.46. The van der Waals surface area contributed by atoms with Crippen LogP contribution in [0.15, 0.2) is 36.5 Å². The number of hydrogen-bond donors (Lipinski definition) is 0. The van der Waals surface area contributed by atoms with Gasteiger partial charge in [-0.1, -0.05) is 36.5 Å². The van der Waals surface area contributed by atoms with Gasteiger partial charge in [0.05, 0.1) is 0 Å². The van der Waals surface area contributed by atoms with Crippen molar-refractivity contribution in [1.29, 1.82) is 0 Å². The van der Waals surface area contributed by atoms with Crippen molar-refractivity contribution in [2.75, 3.05) is 0 Å². The van der Waals surface area contributed by atoms with E-state index in [1.54, 1.807) is 0 Å². The molecule has 0 unspecified atom stereocenters. The third kappa shape index (κ3) is 6.39. The van der Waals surface area contributed by atoms with Gasteiger partial charge in [-0.3, -0.25) is 0 Å². The van der Waals surface area contributed by atoms with Gasteiger partial charge in [0.25, 0.3) is 0 Å². The Hall–Kier alpha value is -0.780. The van der Waals surface area contributed by atoms with E-state index >= 15 is 0 Å². The summed E-state index contributed by atoms with van der Waals surface area (Å²) >= 11 is 0. The molecule has 0 saturated heterocycles. The maximum Gasteiger partial charge on any atom is -0.0169 e. The lowest BCUT2D eigenvalue weighted by Gasteiger charge is -1.92. The highest BCUT2D eigenvalue weighted by Gasteiger charge is 1.84. The molecule has 1 rings (SSSR count). The van der Waals surface area contributed by atoms with E-state index < -0.39 is 0 Å². The van der Waals surface area contributed by atoms with Gasteiger partial charge in [-0.15, -0.1) is 0 Å². The first-order valence-electron chi connectivity index (χ1n) is 5.45. The van der Waals surface area contributed by atoms with Gasteiger partial charge in [-0.05, 0) is 44.9 Å². The molecule has 0 heteroatoms. The first kappa shape index (κ1) is 10.3. The first-order valence-corrected chi connectivity index (χ1v) is 5.45. The van der Waals surface area contributed by atoms with Crippen molar-refractivity contribution in [3.8, 4) is 0 Å². The summed E-state index contributed by atoms with van der Waals surface area (Å²) in [7, 11) is 0. The number of rotatable bonds is 0. The molecule has 0 amide bonds. The highest BCUT2D eigenvalue weighted by atomic mass is 13.9. The smallest absolute Gasteiger partial charge is 0.0169 e. The van der Waals surface area contributed by atoms with E-state index in [-0.39, 0.29) is 0 Å². The molecule has 0 aromatic carbocycles. The molecule has 0 bridgehead atoms. The zero-order chi connectivity index (χ0) is 9.19. The average Bonchev–Trinajstić information content (AvgIpc) is 2.18. The Labute approximate surface area is 82.0 Å². The molecule has 0 N–H and O–H groups in total. The summed E-state index contributed by atoms with van der Waals surface area (Å²) in [5, 5.41) is 0. The van der Waals surface area contributed by atoms with Crippen LogP contribution in [0.5, 0.6) is 0 Å². The normalized spacial score (nSPS) is 27.7. The van der Waals surface area contributed by atoms with E-state index in [2.05, 4.69) is 36.5 Å². The van der Waals surface area contributed by atoms with E-state index in [1.807, 2.05) is 0 Å². The SMILES string of the molecule is C1=C\CCCC/C=C\CC/C=C/C/1. The summed E-state index contributed by atoms with van der Waals surface area (Å²) in [5.74, 6) is 0. The molecule has 0 aromatic rings. The van der Waals surface area contributed by atoms with Crippen LogP contribution in [0.25, 0.3) is 0 Å². The highest BCUT2D eigenvalue weighted by Crippen LogP contribution is 2.04. The molecule has 0 aromatic heterocycles. The van der Waals surface area contributed by atoms with Crippen LogP contribution in [-0.2, 0) is 0 Å². The summed E-state index contributed by atoms with van der Waals surface area (Å²) in [6, 6.07) is 0. The van der Waals surface area contributed by atoms with Crippen molar-refractivity contribution >= 4 is 0 Å². The maximum absolute atomic E-state index is 2.33. The lowest BCUT2D eigenvalue weighted by atomic mass is 10.1. The molecule has 72 valence electrons. The van der Waals surface area contributed by atoms with Crippen molar-refractivity contribution < 1.29 is 0 Å². The van der Waals surface area contributed by atoms with Gasteiger partial charge in [-0.25, -0.2) is 0 Å². The third-order valence-corrected chi connectivity index (χ3v) is 2.26. The average molecular weight is 176 g/mol. The predicted molar refractivity (Wildman–Crippen MR) is 59.7 cm³/mol. The number of hydrogen-bond acceptors (Lipinski definition) is 0. The van der Waals surface area contributed by atoms with Crippen LogP contribution in [0, 0.1) is 0 Å². The Balaban J connectivity index is 2.28. The topological polar surface area (TPSA) is 0 Å². The molecule has 0 fully saturated rings. The second-order valence-electron chi connectivity index (χ2n) is 3.51. The van der Waals surface area contributed by atoms with Crippen molar-refractivity contribution in [3.63, 3.8) is 0 Å². The minimum Gasteiger partial charge on any atom is -0.0885 e. The Bertz CT molecular complexity index is 184. The Morgan fingerprint density at radius 1 is 0.462 bits per heavy atom. The van der Waals surface area contributed by atoms with Crippen molar-refractivity contribution in [2.45, 2.75) is 44.9 Å². The fourth-order valence-corrected chi connectivity index (χ4v) is 1.46. The summed E-state index contributed by atoms with van der Waals surface area (Å²) in [6.07, 6.45) is 22.5. The molecule has 0 heterocycles. The van der Waals surface area contributed by atoms with Crippen LogP contribution in [-0.4, -0.2) is 0 Å². The Morgan fingerprint density at radius 2 is 0.923 bits per heavy atom. The monoisotopic (exact) mass is 176 g/mol. The van der Waals surface area contributed by atoms with Gasteiger partial charge in [0.1, 0.15) is 0 Å². The van der Waals surface area contributed by atoms with Crippen LogP contribution < -0.4 is 0 Å². The first-order chi connectivity index (χ1) is 6.50. The van der Waals surface area contributed by atoms with Gasteiger partial charge in [-0.2, -0.15) is 0 Å². The standard InChI is InChI=1S/C13H20/c1-2-4-6-8-10-12-13-11-9-7-5-3-1/h1-2,5,7-8,10H,3-4,6,9,11-13H2/b2-1+,7-5-,10-8-. The minimum absolute atomic E-state index is 1.11. The lowest BCUT2D eigenvalue weighted by Crippen LogP contribution is -1.72. The lowest BCUT2D eigenvalue weighted by molar-refractivity contribution is 0.759. The molecular formula is C13H20. The molecule has 0 nitrogen and oxygen atoms in total. The molecule has 0 spiro atoms. The molecule has 0 radical (unpaired) electrons. The van der Waals surface area contributed by atoms with Gasteiger partial charge < -0.3 is 0 Å². The maximum atomic E-state index is 2.33. The van der Waals surface area contributed by atoms with Crippen molar-refractivity contribution in [1.82, 2.24) is 0 Å². The summed E-state index contributed by atoms with van der Waals surface area (Å²) < 4.78 is 0. The molecule has 1 aliphatic carbocycles. The molecular weight excluding hydrogens is 156 g/mol. The van der Waals surface area contributed by atoms with E-state index in [1.165, 1.54) is 38.5 Å². The van der Waals surface area contributed by atoms with Crippen molar-refractivity contribution in [2.24, 2.45) is 0 Å². The minimum atomic E-state index is 1.11. The van der Waals surface area contributed by atoms with Gasteiger partial charge >= 0.3 is 0 Å². The second kappa shape index (κ2) is 7.85. The fraction of sp³-hybridized carbons (Fsp3) is 0.538. The second-order valence-corrected chi connectivity index (χ2v) is 3.51. The zero-order valence-electron chi connectivity index (χ0n) is 8.41. The van der Waals surface area contributed by atoms with Gasteiger partial charge in [0.2, 0.25) is 0 Å². The highest BCUT2D eigenvalue weighted by molar-refractivity contribution is 4.94. The molecule has 1 aliphatic rings. The quantitative estimate of drug-likeness (QED) is 0.480.